The molecule has 3 aromatic carbocycles. The Hall–Kier alpha value is -3.51. The number of amides is 2. The fourth-order valence-electron chi connectivity index (χ4n) is 5.80. The highest BCUT2D eigenvalue weighted by Crippen LogP contribution is 2.44. The molecule has 5 rings (SSSR count). The topological polar surface area (TPSA) is 61.9 Å². The van der Waals surface area contributed by atoms with Gasteiger partial charge in [0.15, 0.2) is 0 Å². The summed E-state index contributed by atoms with van der Waals surface area (Å²) in [4.78, 5) is 29.2. The van der Waals surface area contributed by atoms with Gasteiger partial charge in [-0.2, -0.15) is 0 Å². The molecular formula is C31H34ClN3O3. The van der Waals surface area contributed by atoms with E-state index < -0.39 is 11.0 Å². The maximum absolute atomic E-state index is 12.9. The van der Waals surface area contributed by atoms with E-state index in [4.69, 9.17) is 16.3 Å². The highest BCUT2D eigenvalue weighted by Gasteiger charge is 2.43. The summed E-state index contributed by atoms with van der Waals surface area (Å²) in [6, 6.07) is 21.9. The lowest BCUT2D eigenvalue weighted by atomic mass is 9.78. The molecule has 1 fully saturated rings. The molecule has 2 aliphatic heterocycles. The standard InChI is InChI=1S/C31H34ClN3O3/c1-21-24(11-8-12-26(21)32)31(33-23-13-14-25-27(19-23)34(4)28(36)30(25,2)3)15-17-35(18-16-31)29(37)38-20-22-9-6-5-7-10-22/h5-14,19,33H,15-18,20H2,1-4H3. The molecule has 3 aromatic rings. The normalized spacial score (nSPS) is 17.8. The fraction of sp³-hybridized carbons (Fsp3) is 0.355. The van der Waals surface area contributed by atoms with Gasteiger partial charge >= 0.3 is 6.09 Å². The van der Waals surface area contributed by atoms with Crippen LogP contribution in [0.4, 0.5) is 16.2 Å². The van der Waals surface area contributed by atoms with Crippen molar-refractivity contribution in [3.63, 3.8) is 0 Å². The maximum Gasteiger partial charge on any atom is 0.410 e. The van der Waals surface area contributed by atoms with Crippen LogP contribution in [0.1, 0.15) is 48.9 Å². The van der Waals surface area contributed by atoms with E-state index in [2.05, 4.69) is 23.5 Å². The Bertz CT molecular complexity index is 1360. The Kier molecular flexibility index (Phi) is 6.86. The van der Waals surface area contributed by atoms with Crippen molar-refractivity contribution in [1.29, 1.82) is 0 Å². The molecule has 198 valence electrons. The van der Waals surface area contributed by atoms with Gasteiger partial charge in [0.25, 0.3) is 0 Å². The number of hydrogen-bond donors (Lipinski definition) is 1. The van der Waals surface area contributed by atoms with E-state index in [0.717, 1.165) is 38.7 Å². The van der Waals surface area contributed by atoms with Crippen LogP contribution in [-0.4, -0.2) is 37.0 Å². The van der Waals surface area contributed by atoms with E-state index in [1.807, 2.05) is 76.3 Å². The quantitative estimate of drug-likeness (QED) is 0.401. The summed E-state index contributed by atoms with van der Waals surface area (Å²) < 4.78 is 5.60. The number of hydrogen-bond acceptors (Lipinski definition) is 4. The molecule has 7 heteroatoms. The molecule has 2 heterocycles. The summed E-state index contributed by atoms with van der Waals surface area (Å²) >= 11 is 6.56. The van der Waals surface area contributed by atoms with E-state index in [9.17, 15) is 9.59 Å². The summed E-state index contributed by atoms with van der Waals surface area (Å²) in [6.07, 6.45) is 1.07. The minimum Gasteiger partial charge on any atom is -0.445 e. The molecular weight excluding hydrogens is 498 g/mol. The highest BCUT2D eigenvalue weighted by atomic mass is 35.5. The molecule has 0 unspecified atom stereocenters. The van der Waals surface area contributed by atoms with E-state index in [1.165, 1.54) is 0 Å². The number of nitrogens with one attached hydrogen (secondary N) is 1. The van der Waals surface area contributed by atoms with Crippen molar-refractivity contribution < 1.29 is 14.3 Å². The second-order valence-corrected chi connectivity index (χ2v) is 11.3. The molecule has 38 heavy (non-hydrogen) atoms. The average molecular weight is 532 g/mol. The minimum atomic E-state index is -0.546. The molecule has 0 radical (unpaired) electrons. The minimum absolute atomic E-state index is 0.0902. The lowest BCUT2D eigenvalue weighted by Gasteiger charge is -2.44. The smallest absolute Gasteiger partial charge is 0.410 e. The molecule has 2 aliphatic rings. The van der Waals surface area contributed by atoms with Crippen LogP contribution in [0.15, 0.2) is 66.7 Å². The van der Waals surface area contributed by atoms with Gasteiger partial charge in [0.05, 0.1) is 11.0 Å². The number of halogens is 1. The van der Waals surface area contributed by atoms with E-state index in [-0.39, 0.29) is 18.6 Å². The van der Waals surface area contributed by atoms with Gasteiger partial charge in [0.2, 0.25) is 5.91 Å². The lowest BCUT2D eigenvalue weighted by Crippen LogP contribution is -2.49. The monoisotopic (exact) mass is 531 g/mol. The van der Waals surface area contributed by atoms with Crippen LogP contribution in [0.2, 0.25) is 5.02 Å². The van der Waals surface area contributed by atoms with Crippen LogP contribution in [-0.2, 0) is 27.1 Å². The highest BCUT2D eigenvalue weighted by molar-refractivity contribution is 6.31. The van der Waals surface area contributed by atoms with Gasteiger partial charge in [0, 0.05) is 36.5 Å². The Morgan fingerprint density at radius 2 is 1.71 bits per heavy atom. The molecule has 0 atom stereocenters. The van der Waals surface area contributed by atoms with Crippen molar-refractivity contribution in [2.45, 2.75) is 51.2 Å². The molecule has 6 nitrogen and oxygen atoms in total. The first-order valence-corrected chi connectivity index (χ1v) is 13.4. The number of rotatable bonds is 5. The maximum atomic E-state index is 12.9. The summed E-state index contributed by atoms with van der Waals surface area (Å²) in [5.74, 6) is 0.0902. The Morgan fingerprint density at radius 3 is 2.42 bits per heavy atom. The van der Waals surface area contributed by atoms with Gasteiger partial charge in [-0.05, 0) is 74.1 Å². The SMILES string of the molecule is Cc1c(Cl)cccc1C1(Nc2ccc3c(c2)N(C)C(=O)C3(C)C)CCN(C(=O)OCc2ccccc2)CC1. The average Bonchev–Trinajstić information content (AvgIpc) is 3.09. The number of carbonyl (C=O) groups is 2. The molecule has 0 saturated carbocycles. The zero-order chi connectivity index (χ0) is 27.1. The van der Waals surface area contributed by atoms with Crippen LogP contribution in [0.5, 0.6) is 0 Å². The zero-order valence-corrected chi connectivity index (χ0v) is 23.1. The Labute approximate surface area is 229 Å². The van der Waals surface area contributed by atoms with E-state index in [0.29, 0.717) is 25.9 Å². The van der Waals surface area contributed by atoms with Crippen LogP contribution in [0, 0.1) is 6.92 Å². The van der Waals surface area contributed by atoms with Crippen molar-refractivity contribution in [1.82, 2.24) is 4.90 Å². The van der Waals surface area contributed by atoms with Crippen LogP contribution < -0.4 is 10.2 Å². The Morgan fingerprint density at radius 1 is 1.00 bits per heavy atom. The molecule has 0 aromatic heterocycles. The second kappa shape index (κ2) is 9.99. The molecule has 0 aliphatic carbocycles. The van der Waals surface area contributed by atoms with E-state index in [1.54, 1.807) is 9.80 Å². The summed E-state index contributed by atoms with van der Waals surface area (Å²) in [5, 5.41) is 4.53. The van der Waals surface area contributed by atoms with Crippen molar-refractivity contribution in [2.24, 2.45) is 0 Å². The number of piperidine rings is 1. The van der Waals surface area contributed by atoms with Gasteiger partial charge in [-0.3, -0.25) is 4.79 Å². The van der Waals surface area contributed by atoms with E-state index >= 15 is 0 Å². The van der Waals surface area contributed by atoms with Crippen molar-refractivity contribution in [2.75, 3.05) is 30.4 Å². The number of anilines is 2. The number of likely N-dealkylation sites (tertiary alicyclic amines) is 1. The van der Waals surface area contributed by atoms with Crippen LogP contribution >= 0.6 is 11.6 Å². The zero-order valence-electron chi connectivity index (χ0n) is 22.4. The number of fused-ring (bicyclic) bond motifs is 1. The largest absolute Gasteiger partial charge is 0.445 e. The third kappa shape index (κ3) is 4.62. The number of likely N-dealkylation sites (N-methyl/N-ethyl adjacent to an activating group) is 1. The van der Waals surface area contributed by atoms with Crippen LogP contribution in [0.3, 0.4) is 0 Å². The third-order valence-electron chi connectivity index (χ3n) is 8.12. The lowest BCUT2D eigenvalue weighted by molar-refractivity contribution is -0.121. The number of nitrogens with zero attached hydrogens (tertiary/aromatic N) is 2. The van der Waals surface area contributed by atoms with Gasteiger partial charge in [-0.25, -0.2) is 4.79 Å². The first kappa shape index (κ1) is 26.1. The summed E-state index contributed by atoms with van der Waals surface area (Å²) in [7, 11) is 1.83. The molecule has 1 N–H and O–H groups in total. The molecule has 0 spiro atoms. The predicted molar refractivity (Wildman–Crippen MR) is 152 cm³/mol. The Balaban J connectivity index is 1.39. The van der Waals surface area contributed by atoms with Gasteiger partial charge in [-0.1, -0.05) is 60.1 Å². The predicted octanol–water partition coefficient (Wildman–Crippen LogP) is 6.64. The fourth-order valence-corrected chi connectivity index (χ4v) is 5.98. The summed E-state index contributed by atoms with van der Waals surface area (Å²) in [6.45, 7) is 7.32. The van der Waals surface area contributed by atoms with Crippen molar-refractivity contribution in [3.8, 4) is 0 Å². The molecule has 0 bridgehead atoms. The number of ether oxygens (including phenoxy) is 1. The summed E-state index contributed by atoms with van der Waals surface area (Å²) in [5.41, 5.74) is 5.01. The third-order valence-corrected chi connectivity index (χ3v) is 8.53. The van der Waals surface area contributed by atoms with Crippen molar-refractivity contribution >= 4 is 35.0 Å². The van der Waals surface area contributed by atoms with Gasteiger partial charge < -0.3 is 19.9 Å². The van der Waals surface area contributed by atoms with Gasteiger partial charge in [0.1, 0.15) is 6.61 Å². The molecule has 2 amide bonds. The first-order valence-electron chi connectivity index (χ1n) is 13.0. The van der Waals surface area contributed by atoms with Gasteiger partial charge in [-0.15, -0.1) is 0 Å². The molecule has 1 saturated heterocycles. The number of benzene rings is 3. The van der Waals surface area contributed by atoms with Crippen molar-refractivity contribution in [3.05, 3.63) is 94.0 Å². The number of carbonyl (C=O) groups excluding carboxylic acids is 2. The van der Waals surface area contributed by atoms with Crippen LogP contribution in [0.25, 0.3) is 0 Å². The second-order valence-electron chi connectivity index (χ2n) is 10.9. The first-order chi connectivity index (χ1) is 18.1.